The van der Waals surface area contributed by atoms with Gasteiger partial charge in [-0.05, 0) is 12.1 Å². The molecule has 1 amide bonds. The first kappa shape index (κ1) is 22.9. The lowest BCUT2D eigenvalue weighted by atomic mass is 9.94. The van der Waals surface area contributed by atoms with E-state index >= 15 is 0 Å². The molecule has 5 N–H and O–H groups in total. The third kappa shape index (κ3) is 6.14. The predicted octanol–water partition coefficient (Wildman–Crippen LogP) is 0.210. The maximum absolute atomic E-state index is 12.2. The van der Waals surface area contributed by atoms with E-state index in [2.05, 4.69) is 5.32 Å². The van der Waals surface area contributed by atoms with Crippen LogP contribution < -0.4 is 10.1 Å². The summed E-state index contributed by atoms with van der Waals surface area (Å²) in [6, 6.07) is 4.21. The minimum atomic E-state index is -1.87. The highest BCUT2D eigenvalue weighted by atomic mass is 16.7. The normalized spacial score (nSPS) is 26.1. The number of benzene rings is 1. The van der Waals surface area contributed by atoms with Crippen molar-refractivity contribution in [3.63, 3.8) is 0 Å². The van der Waals surface area contributed by atoms with Gasteiger partial charge < -0.3 is 40.0 Å². The van der Waals surface area contributed by atoms with Gasteiger partial charge in [0.15, 0.2) is 6.29 Å². The molecule has 0 aliphatic carbocycles. The number of aliphatic hydroxyl groups is 3. The van der Waals surface area contributed by atoms with Crippen LogP contribution in [0.1, 0.15) is 34.1 Å². The van der Waals surface area contributed by atoms with Gasteiger partial charge in [-0.25, -0.2) is 0 Å². The number of carboxylic acids is 1. The molecule has 0 radical (unpaired) electrons. The molecule has 2 rings (SSSR count). The summed E-state index contributed by atoms with van der Waals surface area (Å²) in [7, 11) is 0. The van der Waals surface area contributed by atoms with Gasteiger partial charge >= 0.3 is 11.9 Å². The Hall–Kier alpha value is -2.73. The number of hydrogen-bond acceptors (Lipinski definition) is 9. The first-order valence-corrected chi connectivity index (χ1v) is 9.53. The average molecular weight is 442 g/mol. The van der Waals surface area contributed by atoms with E-state index < -0.39 is 42.6 Å². The number of rotatable bonds is 8. The molecular weight excluding hydrogens is 414 g/mol. The van der Waals surface area contributed by atoms with E-state index in [1.54, 1.807) is 13.8 Å². The van der Waals surface area contributed by atoms with Gasteiger partial charge in [-0.15, -0.1) is 0 Å². The molecule has 1 heterocycles. The molecule has 1 aromatic rings. The van der Waals surface area contributed by atoms with Crippen molar-refractivity contribution in [3.05, 3.63) is 23.8 Å². The fraction of sp³-hybridized carbons (Fsp3) is 0.550. The summed E-state index contributed by atoms with van der Waals surface area (Å²) in [6.07, 6.45) is -7.28. The summed E-state index contributed by atoms with van der Waals surface area (Å²) in [6.45, 7) is 3.03. The molecule has 1 aliphatic heterocycles. The Balaban J connectivity index is 2.28. The van der Waals surface area contributed by atoms with Crippen LogP contribution in [0.25, 0.3) is 0 Å². The summed E-state index contributed by atoms with van der Waals surface area (Å²) in [5.74, 6) is -4.48. The Bertz CT molecular complexity index is 833. The third-order valence-electron chi connectivity index (χ3n) is 4.57. The van der Waals surface area contributed by atoms with E-state index in [0.29, 0.717) is 5.56 Å². The van der Waals surface area contributed by atoms with Crippen molar-refractivity contribution >= 4 is 23.5 Å². The van der Waals surface area contributed by atoms with Crippen molar-refractivity contribution in [3.8, 4) is 5.75 Å². The molecule has 1 fully saturated rings. The first-order chi connectivity index (χ1) is 15.0. The van der Waals surface area contributed by atoms with Gasteiger partial charge in [-0.1, -0.05) is 20.7 Å². The number of anilines is 1. The lowest BCUT2D eigenvalue weighted by Gasteiger charge is -2.38. The number of aliphatic carboxylic acids is 1. The van der Waals surface area contributed by atoms with Gasteiger partial charge in [0.2, 0.25) is 12.2 Å². The van der Waals surface area contributed by atoms with E-state index in [-0.39, 0.29) is 43.2 Å². The molecule has 5 atom stereocenters. The minimum Gasteiger partial charge on any atom is -0.481 e. The summed E-state index contributed by atoms with van der Waals surface area (Å²) >= 11 is 0. The number of carbonyl (C=O) groups is 3. The highest BCUT2D eigenvalue weighted by molar-refractivity contribution is 5.93. The van der Waals surface area contributed by atoms with Crippen LogP contribution in [0.15, 0.2) is 18.2 Å². The van der Waals surface area contributed by atoms with Crippen LogP contribution in [-0.2, 0) is 30.5 Å². The summed E-state index contributed by atoms with van der Waals surface area (Å²) in [5.41, 5.74) is 0.642. The molecule has 5 unspecified atom stereocenters. The molecule has 11 heteroatoms. The molecule has 1 saturated heterocycles. The molecule has 31 heavy (non-hydrogen) atoms. The smallest absolute Gasteiger partial charge is 0.315 e. The standard InChI is InChI=1S/C20H27NO10/c1-4-13(22)29-8-10-5-6-11(7-12(10)21-17(25)9(2)3)30-20-14(18(26)27)15(23)16(24)19(28)31-20/h5-7,9,14-16,19-20,23-24,28H,4,8H2,1-3H3,(H,21,25)(H,26,27)/i1D. The summed E-state index contributed by atoms with van der Waals surface area (Å²) < 4.78 is 22.7. The molecule has 0 spiro atoms. The number of carbonyl (C=O) groups excluding carboxylic acids is 2. The maximum Gasteiger partial charge on any atom is 0.315 e. The zero-order valence-electron chi connectivity index (χ0n) is 18.1. The van der Waals surface area contributed by atoms with Gasteiger partial charge in [0.05, 0.1) is 5.69 Å². The van der Waals surface area contributed by atoms with Crippen molar-refractivity contribution in [1.29, 1.82) is 0 Å². The largest absolute Gasteiger partial charge is 0.481 e. The number of amides is 1. The van der Waals surface area contributed by atoms with E-state index in [1.165, 1.54) is 18.2 Å². The number of hydrogen-bond donors (Lipinski definition) is 5. The molecule has 0 saturated carbocycles. The second-order valence-electron chi connectivity index (χ2n) is 7.23. The van der Waals surface area contributed by atoms with Crippen LogP contribution >= 0.6 is 0 Å². The third-order valence-corrected chi connectivity index (χ3v) is 4.57. The molecular formula is C20H27NO10. The molecule has 172 valence electrons. The quantitative estimate of drug-likeness (QED) is 0.350. The van der Waals surface area contributed by atoms with Crippen LogP contribution in [0.3, 0.4) is 0 Å². The highest BCUT2D eigenvalue weighted by Gasteiger charge is 2.49. The maximum atomic E-state index is 12.2. The van der Waals surface area contributed by atoms with E-state index in [4.69, 9.17) is 15.6 Å². The average Bonchev–Trinajstić information content (AvgIpc) is 2.71. The summed E-state index contributed by atoms with van der Waals surface area (Å²) in [4.78, 5) is 35.3. The zero-order valence-corrected chi connectivity index (χ0v) is 17.1. The monoisotopic (exact) mass is 442 g/mol. The number of carboxylic acid groups (broad SMARTS) is 1. The Kier molecular flexibility index (Phi) is 7.80. The Morgan fingerprint density at radius 3 is 2.55 bits per heavy atom. The van der Waals surface area contributed by atoms with Crippen LogP contribution in [0.5, 0.6) is 5.75 Å². The van der Waals surface area contributed by atoms with Crippen molar-refractivity contribution in [2.75, 3.05) is 5.32 Å². The molecule has 1 aliphatic rings. The van der Waals surface area contributed by atoms with E-state index in [0.717, 1.165) is 0 Å². The SMILES string of the molecule is [2H]CCC(=O)OCc1ccc(OC2OC(O)C(O)C(O)C2C(=O)O)cc1NC(=O)C(C)C. The highest BCUT2D eigenvalue weighted by Crippen LogP contribution is 2.31. The summed E-state index contributed by atoms with van der Waals surface area (Å²) in [5, 5.41) is 41.4. The predicted molar refractivity (Wildman–Crippen MR) is 105 cm³/mol. The topological polar surface area (TPSA) is 172 Å². The lowest BCUT2D eigenvalue weighted by molar-refractivity contribution is -0.306. The Morgan fingerprint density at radius 2 is 1.94 bits per heavy atom. The van der Waals surface area contributed by atoms with Gasteiger partial charge in [-0.3, -0.25) is 14.4 Å². The minimum absolute atomic E-state index is 0.0253. The molecule has 0 aromatic heterocycles. The molecule has 1 aromatic carbocycles. The van der Waals surface area contributed by atoms with Crippen LogP contribution in [0, 0.1) is 11.8 Å². The number of nitrogens with one attached hydrogen (secondary N) is 1. The van der Waals surface area contributed by atoms with Crippen LogP contribution in [0.4, 0.5) is 5.69 Å². The Morgan fingerprint density at radius 1 is 1.23 bits per heavy atom. The number of aliphatic hydroxyl groups excluding tert-OH is 3. The lowest BCUT2D eigenvalue weighted by Crippen LogP contribution is -2.58. The van der Waals surface area contributed by atoms with Crippen LogP contribution in [-0.4, -0.2) is 63.1 Å². The van der Waals surface area contributed by atoms with Crippen molar-refractivity contribution < 1.29 is 50.4 Å². The molecule has 11 nitrogen and oxygen atoms in total. The fourth-order valence-electron chi connectivity index (χ4n) is 2.72. The first-order valence-electron chi connectivity index (χ1n) is 10.2. The number of ether oxygens (including phenoxy) is 3. The van der Waals surface area contributed by atoms with Crippen molar-refractivity contribution in [2.45, 2.75) is 58.6 Å². The Labute approximate surface area is 179 Å². The molecule has 0 bridgehead atoms. The van der Waals surface area contributed by atoms with E-state index in [9.17, 15) is 34.8 Å². The van der Waals surface area contributed by atoms with Crippen molar-refractivity contribution in [2.24, 2.45) is 11.8 Å². The van der Waals surface area contributed by atoms with Crippen molar-refractivity contribution in [1.82, 2.24) is 0 Å². The second-order valence-corrected chi connectivity index (χ2v) is 7.23. The zero-order chi connectivity index (χ0) is 24.0. The van der Waals surface area contributed by atoms with Gasteiger partial charge in [0.1, 0.15) is 30.5 Å². The van der Waals surface area contributed by atoms with E-state index in [1.807, 2.05) is 0 Å². The van der Waals surface area contributed by atoms with Crippen LogP contribution in [0.2, 0.25) is 0 Å². The fourth-order valence-corrected chi connectivity index (χ4v) is 2.72. The van der Waals surface area contributed by atoms with Gasteiger partial charge in [0, 0.05) is 25.3 Å². The number of esters is 1. The van der Waals surface area contributed by atoms with Gasteiger partial charge in [-0.2, -0.15) is 0 Å². The second kappa shape index (κ2) is 10.5. The van der Waals surface area contributed by atoms with Gasteiger partial charge in [0.25, 0.3) is 0 Å².